The van der Waals surface area contributed by atoms with Crippen molar-refractivity contribution >= 4 is 23.9 Å². The van der Waals surface area contributed by atoms with Gasteiger partial charge in [0, 0.05) is 25.7 Å². The molecule has 0 radical (unpaired) electrons. The summed E-state index contributed by atoms with van der Waals surface area (Å²) in [5.41, 5.74) is 0. The summed E-state index contributed by atoms with van der Waals surface area (Å²) in [4.78, 5) is 44.5. The topological polar surface area (TPSA) is 127 Å². The minimum Gasteiger partial charge on any atom is -0.481 e. The van der Waals surface area contributed by atoms with Crippen LogP contribution in [0.1, 0.15) is 154 Å². The van der Waals surface area contributed by atoms with Crippen molar-refractivity contribution < 1.29 is 38.9 Å². The van der Waals surface area contributed by atoms with Gasteiger partial charge in [-0.15, -0.1) is 0 Å². The lowest BCUT2D eigenvalue weighted by atomic mass is 10.1. The van der Waals surface area contributed by atoms with Gasteiger partial charge in [-0.05, 0) is 38.5 Å². The predicted octanol–water partition coefficient (Wildman–Crippen LogP) is 7.60. The van der Waals surface area contributed by atoms with E-state index in [1.165, 1.54) is 12.8 Å². The third kappa shape index (κ3) is 30.1. The SMILES string of the molecule is O=C(O)CCCCCCCCCCCC(=O)OCCCCOC(=O)CCCCCCCCCCCC(=O)O. The lowest BCUT2D eigenvalue weighted by Crippen LogP contribution is -2.08. The highest BCUT2D eigenvalue weighted by Crippen LogP contribution is 2.13. The van der Waals surface area contributed by atoms with Gasteiger partial charge in [0.15, 0.2) is 0 Å². The molecule has 0 amide bonds. The van der Waals surface area contributed by atoms with Crippen LogP contribution in [0.2, 0.25) is 0 Å². The molecule has 0 aliphatic rings. The van der Waals surface area contributed by atoms with E-state index < -0.39 is 11.9 Å². The molecule has 222 valence electrons. The molecule has 8 heteroatoms. The molecule has 0 aromatic heterocycles. The van der Waals surface area contributed by atoms with Gasteiger partial charge in [-0.3, -0.25) is 19.2 Å². The van der Waals surface area contributed by atoms with Crippen LogP contribution in [0.3, 0.4) is 0 Å². The molecule has 0 bridgehead atoms. The molecule has 38 heavy (non-hydrogen) atoms. The van der Waals surface area contributed by atoms with E-state index in [-0.39, 0.29) is 24.8 Å². The highest BCUT2D eigenvalue weighted by atomic mass is 16.5. The largest absolute Gasteiger partial charge is 0.481 e. The van der Waals surface area contributed by atoms with Crippen LogP contribution < -0.4 is 0 Å². The minimum atomic E-state index is -0.713. The van der Waals surface area contributed by atoms with E-state index >= 15 is 0 Å². The maximum atomic E-state index is 11.8. The fourth-order valence-corrected chi connectivity index (χ4v) is 4.29. The molecule has 0 unspecified atom stereocenters. The van der Waals surface area contributed by atoms with Crippen molar-refractivity contribution in [3.8, 4) is 0 Å². The van der Waals surface area contributed by atoms with Gasteiger partial charge >= 0.3 is 23.9 Å². The average molecular weight is 543 g/mol. The molecule has 0 saturated carbocycles. The summed E-state index contributed by atoms with van der Waals surface area (Å²) < 4.78 is 10.5. The normalized spacial score (nSPS) is 10.8. The molecule has 0 fully saturated rings. The van der Waals surface area contributed by atoms with Crippen molar-refractivity contribution in [3.05, 3.63) is 0 Å². The first-order valence-electron chi connectivity index (χ1n) is 15.2. The summed E-state index contributed by atoms with van der Waals surface area (Å²) in [5, 5.41) is 17.2. The van der Waals surface area contributed by atoms with E-state index in [0.717, 1.165) is 103 Å². The van der Waals surface area contributed by atoms with E-state index in [4.69, 9.17) is 19.7 Å². The molecule has 0 spiro atoms. The number of unbranched alkanes of at least 4 members (excludes halogenated alkanes) is 17. The molecule has 0 rings (SSSR count). The van der Waals surface area contributed by atoms with Gasteiger partial charge in [0.2, 0.25) is 0 Å². The fraction of sp³-hybridized carbons (Fsp3) is 0.867. The zero-order chi connectivity index (χ0) is 28.1. The molecule has 0 aromatic carbocycles. The standard InChI is InChI=1S/C30H54O8/c31-27(32)21-15-11-7-3-1-5-9-13-17-23-29(35)37-25-19-20-26-38-30(36)24-18-14-10-6-2-4-8-12-16-22-28(33)34/h1-26H2,(H,31,32)(H,33,34). The van der Waals surface area contributed by atoms with Crippen LogP contribution in [-0.4, -0.2) is 47.3 Å². The van der Waals surface area contributed by atoms with Crippen LogP contribution in [0.4, 0.5) is 0 Å². The van der Waals surface area contributed by atoms with E-state index in [0.29, 0.717) is 38.9 Å². The molecule has 0 aliphatic carbocycles. The van der Waals surface area contributed by atoms with E-state index in [1.807, 2.05) is 0 Å². The average Bonchev–Trinajstić information content (AvgIpc) is 2.87. The molecule has 0 aliphatic heterocycles. The molecular weight excluding hydrogens is 488 g/mol. The number of hydrogen-bond donors (Lipinski definition) is 2. The fourth-order valence-electron chi connectivity index (χ4n) is 4.29. The molecular formula is C30H54O8. The number of ether oxygens (including phenoxy) is 2. The van der Waals surface area contributed by atoms with Crippen molar-refractivity contribution in [1.29, 1.82) is 0 Å². The maximum Gasteiger partial charge on any atom is 0.305 e. The van der Waals surface area contributed by atoms with E-state index in [9.17, 15) is 19.2 Å². The number of esters is 2. The highest BCUT2D eigenvalue weighted by Gasteiger charge is 2.05. The number of carboxylic acid groups (broad SMARTS) is 2. The molecule has 0 saturated heterocycles. The van der Waals surface area contributed by atoms with Crippen molar-refractivity contribution in [1.82, 2.24) is 0 Å². The Morgan fingerprint density at radius 1 is 0.342 bits per heavy atom. The first kappa shape index (κ1) is 35.9. The molecule has 2 N–H and O–H groups in total. The van der Waals surface area contributed by atoms with Crippen LogP contribution in [0, 0.1) is 0 Å². The van der Waals surface area contributed by atoms with Gasteiger partial charge in [-0.1, -0.05) is 89.9 Å². The first-order chi connectivity index (χ1) is 18.4. The number of carboxylic acids is 2. The Balaban J connectivity index is 3.29. The predicted molar refractivity (Wildman–Crippen MR) is 148 cm³/mol. The minimum absolute atomic E-state index is 0.154. The number of carbonyl (C=O) groups excluding carboxylic acids is 2. The van der Waals surface area contributed by atoms with Crippen LogP contribution >= 0.6 is 0 Å². The van der Waals surface area contributed by atoms with Crippen molar-refractivity contribution in [3.63, 3.8) is 0 Å². The van der Waals surface area contributed by atoms with Gasteiger partial charge in [0.25, 0.3) is 0 Å². The Labute approximate surface area is 230 Å². The van der Waals surface area contributed by atoms with E-state index in [1.54, 1.807) is 0 Å². The number of carbonyl (C=O) groups is 4. The smallest absolute Gasteiger partial charge is 0.305 e. The second kappa shape index (κ2) is 27.9. The summed E-state index contributed by atoms with van der Waals surface area (Å²) in [6.45, 7) is 0.746. The van der Waals surface area contributed by atoms with Crippen LogP contribution in [0.5, 0.6) is 0 Å². The van der Waals surface area contributed by atoms with Gasteiger partial charge in [0.05, 0.1) is 13.2 Å². The maximum absolute atomic E-state index is 11.8. The van der Waals surface area contributed by atoms with Gasteiger partial charge in [-0.25, -0.2) is 0 Å². The third-order valence-corrected chi connectivity index (χ3v) is 6.61. The van der Waals surface area contributed by atoms with Crippen LogP contribution in [-0.2, 0) is 28.7 Å². The molecule has 0 heterocycles. The summed E-state index contributed by atoms with van der Waals surface area (Å²) in [6, 6.07) is 0. The summed E-state index contributed by atoms with van der Waals surface area (Å²) in [6.07, 6.45) is 21.5. The Bertz CT molecular complexity index is 553. The highest BCUT2D eigenvalue weighted by molar-refractivity contribution is 5.69. The summed E-state index contributed by atoms with van der Waals surface area (Å²) in [7, 11) is 0. The van der Waals surface area contributed by atoms with Crippen molar-refractivity contribution in [2.75, 3.05) is 13.2 Å². The van der Waals surface area contributed by atoms with E-state index in [2.05, 4.69) is 0 Å². The summed E-state index contributed by atoms with van der Waals surface area (Å²) >= 11 is 0. The molecule has 8 nitrogen and oxygen atoms in total. The molecule has 0 atom stereocenters. The van der Waals surface area contributed by atoms with Crippen molar-refractivity contribution in [2.24, 2.45) is 0 Å². The zero-order valence-corrected chi connectivity index (χ0v) is 23.7. The first-order valence-corrected chi connectivity index (χ1v) is 15.2. The van der Waals surface area contributed by atoms with Crippen molar-refractivity contribution in [2.45, 2.75) is 154 Å². The van der Waals surface area contributed by atoms with Crippen LogP contribution in [0.25, 0.3) is 0 Å². The number of aliphatic carboxylic acids is 2. The lowest BCUT2D eigenvalue weighted by Gasteiger charge is -2.07. The summed E-state index contributed by atoms with van der Waals surface area (Å²) in [5.74, 6) is -1.73. The number of hydrogen-bond acceptors (Lipinski definition) is 6. The second-order valence-electron chi connectivity index (χ2n) is 10.3. The number of rotatable bonds is 29. The molecule has 0 aromatic rings. The third-order valence-electron chi connectivity index (χ3n) is 6.61. The van der Waals surface area contributed by atoms with Gasteiger partial charge < -0.3 is 19.7 Å². The Hall–Kier alpha value is -2.12. The second-order valence-corrected chi connectivity index (χ2v) is 10.3. The van der Waals surface area contributed by atoms with Gasteiger partial charge in [0.1, 0.15) is 0 Å². The van der Waals surface area contributed by atoms with Crippen LogP contribution in [0.15, 0.2) is 0 Å². The Kier molecular flexibility index (Phi) is 26.3. The Morgan fingerprint density at radius 2 is 0.579 bits per heavy atom. The quantitative estimate of drug-likeness (QED) is 0.0730. The lowest BCUT2D eigenvalue weighted by molar-refractivity contribution is -0.146. The monoisotopic (exact) mass is 542 g/mol. The zero-order valence-electron chi connectivity index (χ0n) is 23.7. The van der Waals surface area contributed by atoms with Gasteiger partial charge in [-0.2, -0.15) is 0 Å². The Morgan fingerprint density at radius 3 is 0.842 bits per heavy atom.